The number of nitrogens with one attached hydrogen (secondary N) is 1. The van der Waals surface area contributed by atoms with E-state index in [1.807, 2.05) is 31.7 Å². The van der Waals surface area contributed by atoms with Gasteiger partial charge in [0, 0.05) is 31.6 Å². The Morgan fingerprint density at radius 2 is 2.33 bits per heavy atom. The highest BCUT2D eigenvalue weighted by atomic mass is 32.1. The lowest BCUT2D eigenvalue weighted by Gasteiger charge is -2.01. The van der Waals surface area contributed by atoms with E-state index >= 15 is 0 Å². The molecule has 0 amide bonds. The molecule has 0 saturated carbocycles. The van der Waals surface area contributed by atoms with Gasteiger partial charge >= 0.3 is 5.97 Å². The average Bonchev–Trinajstić information content (AvgIpc) is 3.06. The Bertz CT molecular complexity index is 579. The molecule has 0 radical (unpaired) electrons. The molecule has 0 bridgehead atoms. The first kappa shape index (κ1) is 15.5. The molecule has 1 N–H and O–H groups in total. The van der Waals surface area contributed by atoms with Crippen molar-refractivity contribution in [1.82, 2.24) is 14.8 Å². The van der Waals surface area contributed by atoms with Crippen molar-refractivity contribution in [3.63, 3.8) is 0 Å². The molecule has 0 aromatic carbocycles. The fourth-order valence-corrected chi connectivity index (χ4v) is 2.65. The van der Waals surface area contributed by atoms with Crippen LogP contribution in [0.1, 0.15) is 24.6 Å². The Kier molecular flexibility index (Phi) is 5.74. The van der Waals surface area contributed by atoms with Crippen molar-refractivity contribution in [3.8, 4) is 0 Å². The molecule has 7 heteroatoms. The van der Waals surface area contributed by atoms with Crippen LogP contribution in [0.2, 0.25) is 0 Å². The molecule has 0 aliphatic heterocycles. The van der Waals surface area contributed by atoms with E-state index in [4.69, 9.17) is 4.74 Å². The van der Waals surface area contributed by atoms with Crippen molar-refractivity contribution in [2.45, 2.75) is 26.2 Å². The van der Waals surface area contributed by atoms with Crippen LogP contribution >= 0.6 is 11.3 Å². The van der Waals surface area contributed by atoms with E-state index < -0.39 is 0 Å². The average molecular weight is 308 g/mol. The lowest BCUT2D eigenvalue weighted by atomic mass is 10.2. The third kappa shape index (κ3) is 5.18. The topological polar surface area (TPSA) is 69.0 Å². The second-order valence-corrected chi connectivity index (χ2v) is 5.51. The van der Waals surface area contributed by atoms with Crippen LogP contribution in [0.15, 0.2) is 17.8 Å². The quantitative estimate of drug-likeness (QED) is 0.756. The zero-order valence-corrected chi connectivity index (χ0v) is 13.2. The van der Waals surface area contributed by atoms with E-state index in [-0.39, 0.29) is 5.97 Å². The van der Waals surface area contributed by atoms with E-state index in [9.17, 15) is 4.79 Å². The van der Waals surface area contributed by atoms with Crippen LogP contribution in [0.25, 0.3) is 0 Å². The molecule has 0 fully saturated rings. The molecule has 0 aliphatic carbocycles. The van der Waals surface area contributed by atoms with Gasteiger partial charge in [0.25, 0.3) is 0 Å². The molecule has 0 saturated heterocycles. The van der Waals surface area contributed by atoms with Gasteiger partial charge in [0.15, 0.2) is 5.13 Å². The van der Waals surface area contributed by atoms with Crippen molar-refractivity contribution in [2.24, 2.45) is 7.05 Å². The number of nitrogens with zero attached hydrogens (tertiary/aromatic N) is 3. The summed E-state index contributed by atoms with van der Waals surface area (Å²) in [5.74, 6) is -0.170. The molecule has 2 aromatic rings. The van der Waals surface area contributed by atoms with Gasteiger partial charge in [0.2, 0.25) is 0 Å². The second kappa shape index (κ2) is 7.78. The number of hydrogen-bond donors (Lipinski definition) is 1. The number of hydrogen-bond acceptors (Lipinski definition) is 6. The van der Waals surface area contributed by atoms with Crippen LogP contribution in [-0.2, 0) is 29.4 Å². The van der Waals surface area contributed by atoms with Gasteiger partial charge in [-0.25, -0.2) is 4.98 Å². The first-order chi connectivity index (χ1) is 10.2. The fourth-order valence-electron chi connectivity index (χ4n) is 1.88. The summed E-state index contributed by atoms with van der Waals surface area (Å²) in [5.41, 5.74) is 2.13. The predicted molar refractivity (Wildman–Crippen MR) is 82.5 cm³/mol. The molecule has 21 heavy (non-hydrogen) atoms. The van der Waals surface area contributed by atoms with Gasteiger partial charge in [0.05, 0.1) is 24.9 Å². The Morgan fingerprint density at radius 3 is 3.05 bits per heavy atom. The number of carbonyl (C=O) groups is 1. The molecule has 114 valence electrons. The number of ether oxygens (including phenoxy) is 1. The summed E-state index contributed by atoms with van der Waals surface area (Å²) in [6.45, 7) is 3.05. The molecule has 2 aromatic heterocycles. The van der Waals surface area contributed by atoms with Gasteiger partial charge in [-0.05, 0) is 18.9 Å². The largest absolute Gasteiger partial charge is 0.466 e. The number of anilines is 1. The number of rotatable bonds is 8. The Hall–Kier alpha value is -1.89. The van der Waals surface area contributed by atoms with Crippen molar-refractivity contribution < 1.29 is 9.53 Å². The van der Waals surface area contributed by atoms with Crippen molar-refractivity contribution in [1.29, 1.82) is 0 Å². The number of carbonyl (C=O) groups excluding carboxylic acids is 1. The highest BCUT2D eigenvalue weighted by molar-refractivity contribution is 7.13. The van der Waals surface area contributed by atoms with Crippen molar-refractivity contribution >= 4 is 22.4 Å². The van der Waals surface area contributed by atoms with Crippen LogP contribution in [0.3, 0.4) is 0 Å². The van der Waals surface area contributed by atoms with Gasteiger partial charge < -0.3 is 10.1 Å². The third-order valence-electron chi connectivity index (χ3n) is 2.89. The summed E-state index contributed by atoms with van der Waals surface area (Å²) in [6.07, 6.45) is 5.79. The highest BCUT2D eigenvalue weighted by Crippen LogP contribution is 2.16. The monoisotopic (exact) mass is 308 g/mol. The number of esters is 1. The summed E-state index contributed by atoms with van der Waals surface area (Å²) < 4.78 is 6.70. The Balaban J connectivity index is 1.71. The van der Waals surface area contributed by atoms with Gasteiger partial charge in [0.1, 0.15) is 0 Å². The maximum Gasteiger partial charge on any atom is 0.306 e. The molecule has 2 rings (SSSR count). The minimum atomic E-state index is -0.170. The van der Waals surface area contributed by atoms with Gasteiger partial charge in [-0.1, -0.05) is 0 Å². The lowest BCUT2D eigenvalue weighted by molar-refractivity contribution is -0.143. The van der Waals surface area contributed by atoms with Crippen LogP contribution in [0.4, 0.5) is 5.13 Å². The molecule has 0 unspecified atom stereocenters. The highest BCUT2D eigenvalue weighted by Gasteiger charge is 2.06. The first-order valence-corrected chi connectivity index (χ1v) is 7.86. The number of aryl methyl sites for hydroxylation is 2. The smallest absolute Gasteiger partial charge is 0.306 e. The van der Waals surface area contributed by atoms with Gasteiger partial charge in [-0.15, -0.1) is 11.3 Å². The lowest BCUT2D eigenvalue weighted by Crippen LogP contribution is -2.06. The first-order valence-electron chi connectivity index (χ1n) is 6.98. The summed E-state index contributed by atoms with van der Waals surface area (Å²) in [4.78, 5) is 15.7. The van der Waals surface area contributed by atoms with E-state index in [1.54, 1.807) is 16.0 Å². The predicted octanol–water partition coefficient (Wildman–Crippen LogP) is 2.03. The Labute approximate surface area is 128 Å². The molecule has 6 nitrogen and oxygen atoms in total. The second-order valence-electron chi connectivity index (χ2n) is 4.65. The summed E-state index contributed by atoms with van der Waals surface area (Å²) in [6, 6.07) is 0. The van der Waals surface area contributed by atoms with Crippen molar-refractivity contribution in [3.05, 3.63) is 29.0 Å². The SMILES string of the molecule is CCOC(=O)CCc1csc(NCCc2cnn(C)c2)n1. The molecule has 0 spiro atoms. The maximum absolute atomic E-state index is 11.3. The van der Waals surface area contributed by atoms with Gasteiger partial charge in [-0.2, -0.15) is 5.10 Å². The van der Waals surface area contributed by atoms with Crippen LogP contribution in [0, 0.1) is 0 Å². The summed E-state index contributed by atoms with van der Waals surface area (Å²) in [7, 11) is 1.91. The number of thiazole rings is 1. The van der Waals surface area contributed by atoms with E-state index in [2.05, 4.69) is 15.4 Å². The van der Waals surface area contributed by atoms with E-state index in [0.717, 1.165) is 23.8 Å². The molecular formula is C14H20N4O2S. The van der Waals surface area contributed by atoms with Crippen LogP contribution in [-0.4, -0.2) is 33.9 Å². The fraction of sp³-hybridized carbons (Fsp3) is 0.500. The Morgan fingerprint density at radius 1 is 1.48 bits per heavy atom. The van der Waals surface area contributed by atoms with E-state index in [1.165, 1.54) is 5.56 Å². The summed E-state index contributed by atoms with van der Waals surface area (Å²) in [5, 5.41) is 10.3. The zero-order valence-electron chi connectivity index (χ0n) is 12.3. The van der Waals surface area contributed by atoms with Crippen molar-refractivity contribution in [2.75, 3.05) is 18.5 Å². The minimum absolute atomic E-state index is 0.170. The molecule has 0 aliphatic rings. The molecular weight excluding hydrogens is 288 g/mol. The zero-order chi connectivity index (χ0) is 15.1. The molecule has 2 heterocycles. The minimum Gasteiger partial charge on any atom is -0.466 e. The maximum atomic E-state index is 11.3. The van der Waals surface area contributed by atoms with E-state index in [0.29, 0.717) is 19.4 Å². The van der Waals surface area contributed by atoms with Crippen LogP contribution < -0.4 is 5.32 Å². The van der Waals surface area contributed by atoms with Crippen LogP contribution in [0.5, 0.6) is 0 Å². The normalized spacial score (nSPS) is 10.6. The summed E-state index contributed by atoms with van der Waals surface area (Å²) >= 11 is 1.56. The third-order valence-corrected chi connectivity index (χ3v) is 3.74. The van der Waals surface area contributed by atoms with Gasteiger partial charge in [-0.3, -0.25) is 9.48 Å². The molecule has 0 atom stereocenters. The number of aromatic nitrogens is 3. The standard InChI is InChI=1S/C14H20N4O2S/c1-3-20-13(19)5-4-12-10-21-14(17-12)15-7-6-11-8-16-18(2)9-11/h8-10H,3-7H2,1-2H3,(H,15,17).